The van der Waals surface area contributed by atoms with E-state index in [0.717, 1.165) is 0 Å². The third-order valence-corrected chi connectivity index (χ3v) is 1.71. The Morgan fingerprint density at radius 1 is 1.00 bits per heavy atom. The zero-order valence-corrected chi connectivity index (χ0v) is 7.01. The van der Waals surface area contributed by atoms with Crippen molar-refractivity contribution in [3.63, 3.8) is 0 Å². The zero-order valence-electron chi connectivity index (χ0n) is 7.01. The third kappa shape index (κ3) is 2.02. The summed E-state index contributed by atoms with van der Waals surface area (Å²) in [4.78, 5) is 0. The smallest absolute Gasteiger partial charge is 0.146 e. The molecule has 0 aromatic carbocycles. The number of aromatic nitrogens is 2. The first-order valence-corrected chi connectivity index (χ1v) is 4.00. The van der Waals surface area contributed by atoms with Gasteiger partial charge in [0.2, 0.25) is 0 Å². The van der Waals surface area contributed by atoms with Gasteiger partial charge in [-0.2, -0.15) is 5.10 Å². The SMILES string of the molecule is Nc1cccnn1.c1cc2cc-2c1. The standard InChI is InChI=1S/C6H4.C4H5N3/c1-2-5-4-6(5)3-1;5-4-2-1-3-6-7-4/h1-4H;1-3H,(H2,5,7). The summed E-state index contributed by atoms with van der Waals surface area (Å²) < 4.78 is 0. The molecule has 3 rings (SSSR count). The minimum atomic E-state index is 0.461. The fourth-order valence-electron chi connectivity index (χ4n) is 0.989. The van der Waals surface area contributed by atoms with Gasteiger partial charge in [0.05, 0.1) is 0 Å². The molecule has 0 saturated heterocycles. The van der Waals surface area contributed by atoms with Crippen molar-refractivity contribution in [2.45, 2.75) is 0 Å². The van der Waals surface area contributed by atoms with E-state index in [-0.39, 0.29) is 0 Å². The summed E-state index contributed by atoms with van der Waals surface area (Å²) in [7, 11) is 0. The van der Waals surface area contributed by atoms with Crippen molar-refractivity contribution in [1.82, 2.24) is 10.2 Å². The molecule has 0 bridgehead atoms. The second-order valence-electron chi connectivity index (χ2n) is 2.73. The second kappa shape index (κ2) is 3.23. The molecule has 0 amide bonds. The average Bonchev–Trinajstić information content (AvgIpc) is 2.76. The molecule has 1 aromatic rings. The Kier molecular flexibility index (Phi) is 1.92. The van der Waals surface area contributed by atoms with Crippen LogP contribution in [0.3, 0.4) is 0 Å². The molecule has 1 heterocycles. The molecule has 13 heavy (non-hydrogen) atoms. The Bertz CT molecular complexity index is 381. The average molecular weight is 171 g/mol. The molecule has 2 aliphatic carbocycles. The van der Waals surface area contributed by atoms with Gasteiger partial charge < -0.3 is 5.73 Å². The maximum absolute atomic E-state index is 5.18. The van der Waals surface area contributed by atoms with Gasteiger partial charge >= 0.3 is 0 Å². The lowest BCUT2D eigenvalue weighted by Crippen LogP contribution is -1.88. The number of nitrogens with two attached hydrogens (primary N) is 1. The maximum atomic E-state index is 5.18. The molecule has 0 fully saturated rings. The van der Waals surface area contributed by atoms with Crippen molar-refractivity contribution in [3.8, 4) is 11.1 Å². The van der Waals surface area contributed by atoms with Gasteiger partial charge in [-0.05, 0) is 29.3 Å². The van der Waals surface area contributed by atoms with Gasteiger partial charge in [0.1, 0.15) is 5.82 Å². The second-order valence-corrected chi connectivity index (χ2v) is 2.73. The van der Waals surface area contributed by atoms with E-state index in [4.69, 9.17) is 5.73 Å². The van der Waals surface area contributed by atoms with Crippen LogP contribution in [0.2, 0.25) is 0 Å². The Hall–Kier alpha value is -1.90. The van der Waals surface area contributed by atoms with Gasteiger partial charge in [-0.3, -0.25) is 0 Å². The van der Waals surface area contributed by atoms with E-state index < -0.39 is 0 Å². The summed E-state index contributed by atoms with van der Waals surface area (Å²) in [5, 5.41) is 7.02. The van der Waals surface area contributed by atoms with E-state index in [9.17, 15) is 0 Å². The number of rotatable bonds is 0. The van der Waals surface area contributed by atoms with Gasteiger partial charge in [0.15, 0.2) is 0 Å². The molecule has 0 radical (unpaired) electrons. The van der Waals surface area contributed by atoms with Crippen LogP contribution >= 0.6 is 0 Å². The van der Waals surface area contributed by atoms with Crippen LogP contribution in [0.4, 0.5) is 5.82 Å². The van der Waals surface area contributed by atoms with E-state index in [1.807, 2.05) is 0 Å². The van der Waals surface area contributed by atoms with Crippen molar-refractivity contribution in [3.05, 3.63) is 42.6 Å². The molecule has 2 aliphatic rings. The number of anilines is 1. The number of hydrogen-bond donors (Lipinski definition) is 1. The number of fused-ring (bicyclic) bond motifs is 1. The molecule has 0 atom stereocenters. The fraction of sp³-hybridized carbons (Fsp3) is 0. The van der Waals surface area contributed by atoms with Crippen molar-refractivity contribution < 1.29 is 0 Å². The highest BCUT2D eigenvalue weighted by atomic mass is 15.1. The van der Waals surface area contributed by atoms with Crippen LogP contribution in [0.1, 0.15) is 0 Å². The van der Waals surface area contributed by atoms with Crippen LogP contribution in [0, 0.1) is 0 Å². The van der Waals surface area contributed by atoms with Crippen molar-refractivity contribution in [2.24, 2.45) is 0 Å². The highest BCUT2D eigenvalue weighted by molar-refractivity contribution is 5.80. The quantitative estimate of drug-likeness (QED) is 0.560. The lowest BCUT2D eigenvalue weighted by atomic mass is 10.6. The Morgan fingerprint density at radius 3 is 2.00 bits per heavy atom. The summed E-state index contributed by atoms with van der Waals surface area (Å²) >= 11 is 0. The molecule has 0 aliphatic heterocycles. The number of nitrogen functional groups attached to an aromatic ring is 1. The molecule has 3 nitrogen and oxygen atoms in total. The summed E-state index contributed by atoms with van der Waals surface area (Å²) in [6, 6.07) is 11.9. The fourth-order valence-corrected chi connectivity index (χ4v) is 0.989. The van der Waals surface area contributed by atoms with Gasteiger partial charge in [-0.1, -0.05) is 18.2 Å². The van der Waals surface area contributed by atoms with E-state index in [1.54, 1.807) is 18.3 Å². The first-order valence-electron chi connectivity index (χ1n) is 4.00. The molecule has 0 saturated carbocycles. The number of nitrogens with zero attached hydrogens (tertiary/aromatic N) is 2. The van der Waals surface area contributed by atoms with Crippen molar-refractivity contribution in [1.29, 1.82) is 0 Å². The number of hydrogen-bond acceptors (Lipinski definition) is 3. The predicted octanol–water partition coefficient (Wildman–Crippen LogP) is 1.73. The van der Waals surface area contributed by atoms with Crippen LogP contribution in [0.25, 0.3) is 11.1 Å². The van der Waals surface area contributed by atoms with Gasteiger partial charge in [0.25, 0.3) is 0 Å². The Balaban J connectivity index is 0.000000101. The Morgan fingerprint density at radius 2 is 1.77 bits per heavy atom. The minimum Gasteiger partial charge on any atom is -0.382 e. The van der Waals surface area contributed by atoms with Gasteiger partial charge in [-0.25, -0.2) is 0 Å². The predicted molar refractivity (Wildman–Crippen MR) is 51.9 cm³/mol. The topological polar surface area (TPSA) is 51.8 Å². The largest absolute Gasteiger partial charge is 0.382 e. The van der Waals surface area contributed by atoms with Gasteiger partial charge in [-0.15, -0.1) is 5.10 Å². The normalized spacial score (nSPS) is 9.85. The highest BCUT2D eigenvalue weighted by Crippen LogP contribution is 2.32. The van der Waals surface area contributed by atoms with E-state index >= 15 is 0 Å². The first kappa shape index (κ1) is 7.73. The van der Waals surface area contributed by atoms with Crippen LogP contribution in [-0.4, -0.2) is 10.2 Å². The monoisotopic (exact) mass is 171 g/mol. The van der Waals surface area contributed by atoms with Crippen molar-refractivity contribution in [2.75, 3.05) is 5.73 Å². The summed E-state index contributed by atoms with van der Waals surface area (Å²) in [5.41, 5.74) is 8.04. The van der Waals surface area contributed by atoms with Crippen LogP contribution < -0.4 is 5.73 Å². The zero-order chi connectivity index (χ0) is 9.10. The van der Waals surface area contributed by atoms with E-state index in [0.29, 0.717) is 5.82 Å². The van der Waals surface area contributed by atoms with Gasteiger partial charge in [0, 0.05) is 6.20 Å². The molecule has 1 aromatic heterocycles. The maximum Gasteiger partial charge on any atom is 0.146 e. The molecule has 64 valence electrons. The third-order valence-electron chi connectivity index (χ3n) is 1.71. The summed E-state index contributed by atoms with van der Waals surface area (Å²) in [6.07, 6.45) is 1.58. The molecular weight excluding hydrogens is 162 g/mol. The summed E-state index contributed by atoms with van der Waals surface area (Å²) in [5.74, 6) is 0.461. The van der Waals surface area contributed by atoms with E-state index in [2.05, 4.69) is 34.5 Å². The molecule has 0 unspecified atom stereocenters. The summed E-state index contributed by atoms with van der Waals surface area (Å²) in [6.45, 7) is 0. The number of benzene rings is 1. The lowest BCUT2D eigenvalue weighted by molar-refractivity contribution is 1.04. The lowest BCUT2D eigenvalue weighted by Gasteiger charge is -1.81. The van der Waals surface area contributed by atoms with Crippen molar-refractivity contribution >= 4 is 5.82 Å². The van der Waals surface area contributed by atoms with Crippen LogP contribution in [-0.2, 0) is 0 Å². The first-order chi connectivity index (χ1) is 6.36. The minimum absolute atomic E-state index is 0.461. The molecular formula is C10H9N3. The molecule has 0 spiro atoms. The molecule has 2 N–H and O–H groups in total. The highest BCUT2D eigenvalue weighted by Gasteiger charge is 2.06. The Labute approximate surface area is 76.2 Å². The van der Waals surface area contributed by atoms with E-state index in [1.165, 1.54) is 11.1 Å². The van der Waals surface area contributed by atoms with Crippen LogP contribution in [0.5, 0.6) is 0 Å². The molecule has 3 heteroatoms. The van der Waals surface area contributed by atoms with Crippen LogP contribution in [0.15, 0.2) is 42.6 Å².